The third kappa shape index (κ3) is 2.12. The number of aromatic nitrogens is 2. The van der Waals surface area contributed by atoms with Gasteiger partial charge in [-0.25, -0.2) is 0 Å². The van der Waals surface area contributed by atoms with Crippen LogP contribution >= 0.6 is 0 Å². The van der Waals surface area contributed by atoms with Gasteiger partial charge in [0.15, 0.2) is 0 Å². The van der Waals surface area contributed by atoms with E-state index in [1.807, 2.05) is 0 Å². The zero-order chi connectivity index (χ0) is 15.9. The van der Waals surface area contributed by atoms with E-state index >= 15 is 0 Å². The average Bonchev–Trinajstić information content (AvgIpc) is 3.25. The molecule has 24 heavy (non-hydrogen) atoms. The fourth-order valence-electron chi connectivity index (χ4n) is 3.26. The van der Waals surface area contributed by atoms with E-state index in [2.05, 4.69) is 107 Å². The number of rotatable bonds is 2. The van der Waals surface area contributed by atoms with E-state index in [0.29, 0.717) is 0 Å². The second-order valence-electron chi connectivity index (χ2n) is 6.11. The molecule has 0 aliphatic carbocycles. The fourth-order valence-corrected chi connectivity index (χ4v) is 3.26. The largest absolute Gasteiger partial charge is 0.323 e. The van der Waals surface area contributed by atoms with Gasteiger partial charge in [-0.2, -0.15) is 0 Å². The Morgan fingerprint density at radius 2 is 0.667 bits per heavy atom. The molecule has 0 radical (unpaired) electrons. The molecule has 0 bridgehead atoms. The van der Waals surface area contributed by atoms with Crippen molar-refractivity contribution in [2.45, 2.75) is 0 Å². The molecule has 0 N–H and O–H groups in total. The molecule has 0 aliphatic heterocycles. The number of fused-ring (bicyclic) bond motifs is 2. The van der Waals surface area contributed by atoms with Gasteiger partial charge < -0.3 is 9.13 Å². The van der Waals surface area contributed by atoms with Crippen molar-refractivity contribution in [2.75, 3.05) is 0 Å². The van der Waals surface area contributed by atoms with E-state index < -0.39 is 0 Å². The Morgan fingerprint density at radius 1 is 0.375 bits per heavy atom. The molecular formula is C22H16N2. The average molecular weight is 308 g/mol. The first-order valence-electron chi connectivity index (χ1n) is 8.11. The summed E-state index contributed by atoms with van der Waals surface area (Å²) in [4.78, 5) is 0. The van der Waals surface area contributed by atoms with E-state index in [1.165, 1.54) is 32.9 Å². The highest BCUT2D eigenvalue weighted by molar-refractivity contribution is 5.83. The van der Waals surface area contributed by atoms with Crippen molar-refractivity contribution in [2.24, 2.45) is 0 Å². The first-order valence-corrected chi connectivity index (χ1v) is 8.11. The van der Waals surface area contributed by atoms with Gasteiger partial charge >= 0.3 is 0 Å². The molecular weight excluding hydrogens is 292 g/mol. The molecule has 0 spiro atoms. The van der Waals surface area contributed by atoms with Crippen molar-refractivity contribution in [3.05, 3.63) is 97.6 Å². The number of nitrogens with zero attached hydrogens (tertiary/aromatic N) is 2. The van der Waals surface area contributed by atoms with Crippen LogP contribution in [0.5, 0.6) is 0 Å². The molecule has 5 aromatic rings. The van der Waals surface area contributed by atoms with Crippen molar-refractivity contribution in [1.29, 1.82) is 0 Å². The Kier molecular flexibility index (Phi) is 2.83. The summed E-state index contributed by atoms with van der Waals surface area (Å²) in [6.07, 6.45) is 8.70. The van der Waals surface area contributed by atoms with Crippen molar-refractivity contribution in [3.63, 3.8) is 0 Å². The van der Waals surface area contributed by atoms with Gasteiger partial charge in [-0.15, -0.1) is 0 Å². The second-order valence-corrected chi connectivity index (χ2v) is 6.11. The molecule has 5 rings (SSSR count). The van der Waals surface area contributed by atoms with Gasteiger partial charge in [-0.05, 0) is 45.8 Å². The minimum atomic E-state index is 1.17. The highest BCUT2D eigenvalue weighted by Gasteiger charge is 2.03. The lowest BCUT2D eigenvalue weighted by atomic mass is 10.2. The lowest BCUT2D eigenvalue weighted by molar-refractivity contribution is 1.06. The van der Waals surface area contributed by atoms with E-state index in [9.17, 15) is 0 Å². The van der Waals surface area contributed by atoms with Crippen LogP contribution in [-0.2, 0) is 0 Å². The first-order chi connectivity index (χ1) is 11.9. The molecule has 2 heterocycles. The molecule has 0 saturated carbocycles. The van der Waals surface area contributed by atoms with Gasteiger partial charge in [0.1, 0.15) is 0 Å². The quantitative estimate of drug-likeness (QED) is 0.403. The maximum Gasteiger partial charge on any atom is 0.0451 e. The van der Waals surface area contributed by atoms with Crippen LogP contribution < -0.4 is 0 Å². The van der Waals surface area contributed by atoms with Crippen LogP contribution in [0.25, 0.3) is 32.9 Å². The van der Waals surface area contributed by atoms with Crippen molar-refractivity contribution in [1.82, 2.24) is 9.13 Å². The van der Waals surface area contributed by atoms with Gasteiger partial charge in [0.2, 0.25) is 0 Å². The van der Waals surface area contributed by atoms with Crippen LogP contribution in [0.1, 0.15) is 0 Å². The summed E-state index contributed by atoms with van der Waals surface area (Å²) in [7, 11) is 0. The van der Waals surface area contributed by atoms with E-state index in [4.69, 9.17) is 0 Å². The third-order valence-corrected chi connectivity index (χ3v) is 4.55. The van der Waals surface area contributed by atoms with Crippen LogP contribution in [0.2, 0.25) is 0 Å². The van der Waals surface area contributed by atoms with E-state index in [1.54, 1.807) is 0 Å². The lowest BCUT2D eigenvalue weighted by Gasteiger charge is -2.06. The van der Waals surface area contributed by atoms with E-state index in [-0.39, 0.29) is 0 Å². The van der Waals surface area contributed by atoms with Crippen LogP contribution in [0.3, 0.4) is 0 Å². The molecule has 0 atom stereocenters. The van der Waals surface area contributed by atoms with Crippen molar-refractivity contribution >= 4 is 21.5 Å². The summed E-state index contributed by atoms with van der Waals surface area (Å²) in [6.45, 7) is 0. The van der Waals surface area contributed by atoms with Gasteiger partial charge in [0.25, 0.3) is 0 Å². The monoisotopic (exact) mass is 308 g/mol. The van der Waals surface area contributed by atoms with Crippen LogP contribution in [0.15, 0.2) is 97.6 Å². The summed E-state index contributed by atoms with van der Waals surface area (Å²) in [5.74, 6) is 0. The minimum Gasteiger partial charge on any atom is -0.323 e. The summed E-state index contributed by atoms with van der Waals surface area (Å²) < 4.78 is 4.36. The smallest absolute Gasteiger partial charge is 0.0451 e. The topological polar surface area (TPSA) is 9.86 Å². The Hall–Kier alpha value is -3.26. The van der Waals surface area contributed by atoms with E-state index in [0.717, 1.165) is 0 Å². The predicted octanol–water partition coefficient (Wildman–Crippen LogP) is 5.57. The number of hydrogen-bond acceptors (Lipinski definition) is 0. The van der Waals surface area contributed by atoms with Gasteiger partial charge in [0, 0.05) is 36.2 Å². The summed E-state index contributed by atoms with van der Waals surface area (Å²) in [6, 6.07) is 25.5. The molecule has 0 saturated heterocycles. The second kappa shape index (κ2) is 5.14. The minimum absolute atomic E-state index is 1.17. The molecule has 114 valence electrons. The normalized spacial score (nSPS) is 11.3. The Bertz CT molecular complexity index is 984. The Balaban J connectivity index is 1.54. The number of benzene rings is 3. The molecule has 2 nitrogen and oxygen atoms in total. The molecule has 2 heteroatoms. The maximum absolute atomic E-state index is 2.18. The van der Waals surface area contributed by atoms with Crippen LogP contribution in [0, 0.1) is 0 Å². The molecule has 2 aromatic heterocycles. The predicted molar refractivity (Wildman–Crippen MR) is 100 cm³/mol. The molecule has 0 aliphatic rings. The van der Waals surface area contributed by atoms with Crippen LogP contribution in [0.4, 0.5) is 0 Å². The lowest BCUT2D eigenvalue weighted by Crippen LogP contribution is -1.92. The summed E-state index contributed by atoms with van der Waals surface area (Å²) in [5, 5.41) is 5.05. The highest BCUT2D eigenvalue weighted by Crippen LogP contribution is 2.22. The fraction of sp³-hybridized carbons (Fsp3) is 0. The molecule has 0 fully saturated rings. The Morgan fingerprint density at radius 3 is 0.958 bits per heavy atom. The molecule has 3 aromatic carbocycles. The van der Waals surface area contributed by atoms with Gasteiger partial charge in [-0.3, -0.25) is 0 Å². The van der Waals surface area contributed by atoms with Gasteiger partial charge in [-0.1, -0.05) is 48.5 Å². The van der Waals surface area contributed by atoms with Crippen molar-refractivity contribution in [3.8, 4) is 11.4 Å². The number of hydrogen-bond donors (Lipinski definition) is 0. The van der Waals surface area contributed by atoms with Crippen molar-refractivity contribution < 1.29 is 0 Å². The van der Waals surface area contributed by atoms with Gasteiger partial charge in [0.05, 0.1) is 0 Å². The third-order valence-electron chi connectivity index (χ3n) is 4.55. The highest BCUT2D eigenvalue weighted by atomic mass is 15.0. The standard InChI is InChI=1S/C22H16N2/c1-2-6-18-14-23(13-17(18)5-1)21-9-11-22(12-10-21)24-15-19-7-3-4-8-20(19)16-24/h1-16H. The summed E-state index contributed by atoms with van der Waals surface area (Å²) in [5.41, 5.74) is 2.35. The zero-order valence-electron chi connectivity index (χ0n) is 13.1. The maximum atomic E-state index is 2.18. The first kappa shape index (κ1) is 13.2. The molecule has 0 unspecified atom stereocenters. The Labute approximate surface area is 140 Å². The molecule has 0 amide bonds. The van der Waals surface area contributed by atoms with Crippen LogP contribution in [-0.4, -0.2) is 9.13 Å². The zero-order valence-corrected chi connectivity index (χ0v) is 13.1. The summed E-state index contributed by atoms with van der Waals surface area (Å²) >= 11 is 0. The SMILES string of the molecule is c1ccc2cn(-c3ccc(-n4cc5ccccc5c4)cc3)cc2c1.